The molecule has 9 nitrogen and oxygen atoms in total. The van der Waals surface area contributed by atoms with E-state index in [-0.39, 0.29) is 22.1 Å². The molecule has 0 unspecified atom stereocenters. The summed E-state index contributed by atoms with van der Waals surface area (Å²) in [6, 6.07) is 19.2. The third kappa shape index (κ3) is 6.16. The molecule has 0 spiro atoms. The molecule has 1 aromatic heterocycles. The lowest BCUT2D eigenvalue weighted by molar-refractivity contribution is 0.0948. The van der Waals surface area contributed by atoms with Gasteiger partial charge >= 0.3 is 0 Å². The number of sulfonamides is 1. The van der Waals surface area contributed by atoms with E-state index in [0.29, 0.717) is 13.1 Å². The maximum atomic E-state index is 13.0. The number of hydrogen-bond donors (Lipinski definition) is 2. The van der Waals surface area contributed by atoms with Crippen LogP contribution in [0, 0.1) is 6.92 Å². The quantitative estimate of drug-likeness (QED) is 0.317. The molecule has 4 aromatic rings. The van der Waals surface area contributed by atoms with Crippen LogP contribution < -0.4 is 19.7 Å². The Hall–Kier alpha value is -3.67. The first-order valence-electron chi connectivity index (χ1n) is 12.7. The number of piperazine rings is 1. The van der Waals surface area contributed by atoms with Crippen molar-refractivity contribution in [2.75, 3.05) is 56.0 Å². The van der Waals surface area contributed by atoms with E-state index in [1.54, 1.807) is 67.0 Å². The first kappa shape index (κ1) is 26.9. The fourth-order valence-corrected chi connectivity index (χ4v) is 6.60. The number of benzene rings is 3. The number of nitrogens with one attached hydrogen (secondary N) is 2. The number of carbonyl (C=O) groups excluding carboxylic acids is 1. The molecule has 1 aliphatic heterocycles. The summed E-state index contributed by atoms with van der Waals surface area (Å²) in [4.78, 5) is 22.5. The van der Waals surface area contributed by atoms with Crippen LogP contribution in [0.25, 0.3) is 10.2 Å². The zero-order chi connectivity index (χ0) is 27.4. The highest BCUT2D eigenvalue weighted by Crippen LogP contribution is 2.34. The van der Waals surface area contributed by atoms with Crippen LogP contribution in [-0.2, 0) is 10.0 Å². The number of hydrogen-bond acceptors (Lipinski definition) is 8. The number of aryl methyl sites for hydroxylation is 1. The van der Waals surface area contributed by atoms with E-state index in [2.05, 4.69) is 25.9 Å². The Labute approximate surface area is 232 Å². The summed E-state index contributed by atoms with van der Waals surface area (Å²) in [5.74, 6) is 0.466. The molecular weight excluding hydrogens is 534 g/mol. The molecule has 0 aliphatic carbocycles. The molecule has 0 radical (unpaired) electrons. The third-order valence-corrected chi connectivity index (χ3v) is 9.16. The Morgan fingerprint density at radius 3 is 2.49 bits per heavy atom. The van der Waals surface area contributed by atoms with Crippen LogP contribution in [0.1, 0.15) is 15.9 Å². The highest BCUT2D eigenvalue weighted by atomic mass is 32.2. The molecule has 3 aromatic carbocycles. The van der Waals surface area contributed by atoms with Gasteiger partial charge < -0.3 is 15.0 Å². The van der Waals surface area contributed by atoms with Gasteiger partial charge in [0.05, 0.1) is 28.0 Å². The summed E-state index contributed by atoms with van der Waals surface area (Å²) in [5, 5.41) is 3.93. The molecule has 1 aliphatic rings. The zero-order valence-corrected chi connectivity index (χ0v) is 23.5. The Kier molecular flexibility index (Phi) is 8.01. The second-order valence-electron chi connectivity index (χ2n) is 9.35. The fourth-order valence-electron chi connectivity index (χ4n) is 4.49. The Balaban J connectivity index is 1.14. The summed E-state index contributed by atoms with van der Waals surface area (Å²) < 4.78 is 34.8. The highest BCUT2D eigenvalue weighted by molar-refractivity contribution is 7.92. The number of aromatic nitrogens is 1. The van der Waals surface area contributed by atoms with E-state index < -0.39 is 10.0 Å². The zero-order valence-electron chi connectivity index (χ0n) is 21.9. The van der Waals surface area contributed by atoms with Gasteiger partial charge in [0.15, 0.2) is 5.13 Å². The standard InChI is InChI=1S/C28H31N5O4S2/c1-20-10-12-21(13-11-20)39(35,36)31-23-7-4-3-6-22(23)27(34)29-14-15-32-16-18-33(19-17-32)28-30-26-24(37-2)8-5-9-25(26)38-28/h3-13,31H,14-19H2,1-2H3,(H,29,34). The molecule has 11 heteroatoms. The Morgan fingerprint density at radius 2 is 1.74 bits per heavy atom. The third-order valence-electron chi connectivity index (χ3n) is 6.69. The number of thiazole rings is 1. The van der Waals surface area contributed by atoms with Crippen molar-refractivity contribution in [3.63, 3.8) is 0 Å². The number of nitrogens with zero attached hydrogens (tertiary/aromatic N) is 3. The van der Waals surface area contributed by atoms with E-state index in [1.165, 1.54) is 0 Å². The van der Waals surface area contributed by atoms with Crippen molar-refractivity contribution < 1.29 is 17.9 Å². The number of amides is 1. The summed E-state index contributed by atoms with van der Waals surface area (Å²) >= 11 is 1.67. The largest absolute Gasteiger partial charge is 0.494 e. The van der Waals surface area contributed by atoms with Gasteiger partial charge in [0.2, 0.25) is 0 Å². The summed E-state index contributed by atoms with van der Waals surface area (Å²) in [5.41, 5.74) is 2.39. The summed E-state index contributed by atoms with van der Waals surface area (Å²) in [6.45, 7) is 6.45. The minimum absolute atomic E-state index is 0.146. The molecule has 39 heavy (non-hydrogen) atoms. The van der Waals surface area contributed by atoms with E-state index in [4.69, 9.17) is 9.72 Å². The normalized spacial score (nSPS) is 14.4. The topological polar surface area (TPSA) is 104 Å². The molecule has 1 amide bonds. The van der Waals surface area contributed by atoms with Crippen molar-refractivity contribution >= 4 is 48.3 Å². The summed E-state index contributed by atoms with van der Waals surface area (Å²) in [6.07, 6.45) is 0. The second kappa shape index (κ2) is 11.6. The summed E-state index contributed by atoms with van der Waals surface area (Å²) in [7, 11) is -2.16. The fraction of sp³-hybridized carbons (Fsp3) is 0.286. The van der Waals surface area contributed by atoms with Gasteiger partial charge in [-0.3, -0.25) is 14.4 Å². The van der Waals surface area contributed by atoms with Gasteiger partial charge in [0.25, 0.3) is 15.9 Å². The number of anilines is 2. The van der Waals surface area contributed by atoms with Crippen LogP contribution in [0.3, 0.4) is 0 Å². The Bertz CT molecular complexity index is 1560. The van der Waals surface area contributed by atoms with Crippen LogP contribution in [0.15, 0.2) is 71.6 Å². The van der Waals surface area contributed by atoms with Crippen molar-refractivity contribution in [3.8, 4) is 5.75 Å². The molecule has 2 N–H and O–H groups in total. The lowest BCUT2D eigenvalue weighted by Gasteiger charge is -2.34. The van der Waals surface area contributed by atoms with Crippen molar-refractivity contribution in [1.82, 2.24) is 15.2 Å². The predicted molar refractivity (Wildman–Crippen MR) is 156 cm³/mol. The van der Waals surface area contributed by atoms with E-state index in [9.17, 15) is 13.2 Å². The van der Waals surface area contributed by atoms with Crippen LogP contribution in [0.4, 0.5) is 10.8 Å². The molecule has 5 rings (SSSR count). The van der Waals surface area contributed by atoms with E-state index in [0.717, 1.165) is 52.8 Å². The Morgan fingerprint density at radius 1 is 1.00 bits per heavy atom. The van der Waals surface area contributed by atoms with Crippen LogP contribution in [-0.4, -0.2) is 70.6 Å². The molecule has 0 bridgehead atoms. The van der Waals surface area contributed by atoms with Gasteiger partial charge in [-0.25, -0.2) is 13.4 Å². The van der Waals surface area contributed by atoms with Gasteiger partial charge in [0.1, 0.15) is 11.3 Å². The number of para-hydroxylation sites is 2. The van der Waals surface area contributed by atoms with Crippen molar-refractivity contribution in [1.29, 1.82) is 0 Å². The second-order valence-corrected chi connectivity index (χ2v) is 12.0. The number of rotatable bonds is 9. The number of fused-ring (bicyclic) bond motifs is 1. The van der Waals surface area contributed by atoms with Crippen molar-refractivity contribution in [3.05, 3.63) is 77.9 Å². The van der Waals surface area contributed by atoms with Gasteiger partial charge in [-0.1, -0.05) is 47.2 Å². The maximum absolute atomic E-state index is 13.0. The first-order chi connectivity index (χ1) is 18.8. The first-order valence-corrected chi connectivity index (χ1v) is 15.0. The van der Waals surface area contributed by atoms with Gasteiger partial charge in [-0.2, -0.15) is 0 Å². The van der Waals surface area contributed by atoms with Gasteiger partial charge in [-0.15, -0.1) is 0 Å². The van der Waals surface area contributed by atoms with E-state index >= 15 is 0 Å². The number of methoxy groups -OCH3 is 1. The maximum Gasteiger partial charge on any atom is 0.261 e. The smallest absolute Gasteiger partial charge is 0.261 e. The highest BCUT2D eigenvalue weighted by Gasteiger charge is 2.22. The SMILES string of the molecule is COc1cccc2sc(N3CCN(CCNC(=O)c4ccccc4NS(=O)(=O)c4ccc(C)cc4)CC3)nc12. The molecule has 0 saturated carbocycles. The van der Waals surface area contributed by atoms with Gasteiger partial charge in [0, 0.05) is 39.3 Å². The molecular formula is C28H31N5O4S2. The van der Waals surface area contributed by atoms with Gasteiger partial charge in [-0.05, 0) is 43.3 Å². The van der Waals surface area contributed by atoms with E-state index in [1.807, 2.05) is 19.1 Å². The average Bonchev–Trinajstić information content (AvgIpc) is 3.38. The molecule has 204 valence electrons. The minimum atomic E-state index is -3.82. The number of ether oxygens (including phenoxy) is 1. The van der Waals surface area contributed by atoms with Crippen LogP contribution in [0.2, 0.25) is 0 Å². The van der Waals surface area contributed by atoms with Crippen molar-refractivity contribution in [2.45, 2.75) is 11.8 Å². The molecule has 1 saturated heterocycles. The lowest BCUT2D eigenvalue weighted by Crippen LogP contribution is -2.48. The van der Waals surface area contributed by atoms with Crippen molar-refractivity contribution in [2.24, 2.45) is 0 Å². The lowest BCUT2D eigenvalue weighted by atomic mass is 10.1. The minimum Gasteiger partial charge on any atom is -0.494 e. The monoisotopic (exact) mass is 565 g/mol. The molecule has 0 atom stereocenters. The number of carbonyl (C=O) groups is 1. The molecule has 2 heterocycles. The molecule has 1 fully saturated rings. The van der Waals surface area contributed by atoms with Crippen LogP contribution >= 0.6 is 11.3 Å². The van der Waals surface area contributed by atoms with Crippen LogP contribution in [0.5, 0.6) is 5.75 Å². The predicted octanol–water partition coefficient (Wildman–Crippen LogP) is 3.97. The average molecular weight is 566 g/mol.